The molecule has 0 aliphatic rings. The molecule has 1 aromatic carbocycles. The van der Waals surface area contributed by atoms with Crippen LogP contribution in [0.5, 0.6) is 5.75 Å². The van der Waals surface area contributed by atoms with E-state index in [0.717, 1.165) is 22.4 Å². The van der Waals surface area contributed by atoms with E-state index in [9.17, 15) is 14.4 Å². The molecule has 0 saturated carbocycles. The van der Waals surface area contributed by atoms with Crippen molar-refractivity contribution in [3.63, 3.8) is 0 Å². The van der Waals surface area contributed by atoms with Crippen LogP contribution in [0.15, 0.2) is 29.2 Å². The van der Waals surface area contributed by atoms with Crippen molar-refractivity contribution >= 4 is 19.4 Å². The van der Waals surface area contributed by atoms with E-state index < -0.39 is 12.1 Å². The summed E-state index contributed by atoms with van der Waals surface area (Å²) in [6.45, 7) is 3.06. The summed E-state index contributed by atoms with van der Waals surface area (Å²) in [5.74, 6) is 0.721. The lowest BCUT2D eigenvalue weighted by Gasteiger charge is -2.24. The fraction of sp³-hybridized carbons (Fsp3) is 0.400. The molecule has 0 aliphatic heterocycles. The Morgan fingerprint density at radius 3 is 2.12 bits per heavy atom. The van der Waals surface area contributed by atoms with E-state index in [1.807, 2.05) is 0 Å². The van der Waals surface area contributed by atoms with E-state index in [2.05, 4.69) is 0 Å². The summed E-state index contributed by atoms with van der Waals surface area (Å²) >= 11 is 1.15. The van der Waals surface area contributed by atoms with Gasteiger partial charge in [0, 0.05) is 4.90 Å². The summed E-state index contributed by atoms with van der Waals surface area (Å²) in [6, 6.07) is 7.08. The molecule has 0 aromatic heterocycles. The molecule has 0 heterocycles. The highest BCUT2D eigenvalue weighted by Gasteiger charge is 2.38. The van der Waals surface area contributed by atoms with Crippen molar-refractivity contribution in [2.24, 2.45) is 0 Å². The van der Waals surface area contributed by atoms with Crippen LogP contribution in [0.1, 0.15) is 13.8 Å². The standard InChI is InChI=1S/C10H15O4PS/c1-10(2,15(11,12)13)16-9-6-4-8(14-3)5-7-9/h4-7H,1-3H3,(H2,11,12,13). The van der Waals surface area contributed by atoms with Crippen molar-refractivity contribution < 1.29 is 19.1 Å². The Balaban J connectivity index is 2.84. The van der Waals surface area contributed by atoms with Gasteiger partial charge in [-0.3, -0.25) is 4.57 Å². The van der Waals surface area contributed by atoms with Crippen LogP contribution >= 0.6 is 19.4 Å². The number of benzene rings is 1. The molecule has 6 heteroatoms. The molecule has 0 bridgehead atoms. The molecule has 1 aromatic rings. The second kappa shape index (κ2) is 4.80. The molecule has 0 unspecified atom stereocenters. The van der Waals surface area contributed by atoms with E-state index in [1.165, 1.54) is 13.8 Å². The average Bonchev–Trinajstić information content (AvgIpc) is 2.16. The van der Waals surface area contributed by atoms with Crippen LogP contribution in [-0.2, 0) is 4.57 Å². The number of ether oxygens (including phenoxy) is 1. The molecule has 0 saturated heterocycles. The lowest BCUT2D eigenvalue weighted by atomic mass is 10.3. The van der Waals surface area contributed by atoms with Gasteiger partial charge in [0.2, 0.25) is 0 Å². The van der Waals surface area contributed by atoms with Crippen molar-refractivity contribution in [1.29, 1.82) is 0 Å². The average molecular weight is 262 g/mol. The minimum atomic E-state index is -4.12. The Labute approximate surface area is 99.2 Å². The quantitative estimate of drug-likeness (QED) is 0.645. The first-order valence-electron chi connectivity index (χ1n) is 4.65. The van der Waals surface area contributed by atoms with Crippen LogP contribution in [0, 0.1) is 0 Å². The van der Waals surface area contributed by atoms with Gasteiger partial charge in [-0.2, -0.15) is 0 Å². The predicted octanol–water partition coefficient (Wildman–Crippen LogP) is 2.70. The Hall–Kier alpha value is -0.480. The second-order valence-corrected chi connectivity index (χ2v) is 7.97. The summed E-state index contributed by atoms with van der Waals surface area (Å²) in [5.41, 5.74) is 0. The molecule has 2 N–H and O–H groups in total. The molecule has 0 atom stereocenters. The zero-order chi connectivity index (χ0) is 12.4. The van der Waals surface area contributed by atoms with Crippen molar-refractivity contribution in [2.75, 3.05) is 7.11 Å². The Bertz CT molecular complexity index is 396. The Morgan fingerprint density at radius 1 is 1.25 bits per heavy atom. The van der Waals surface area contributed by atoms with E-state index in [1.54, 1.807) is 31.4 Å². The third-order valence-electron chi connectivity index (χ3n) is 2.13. The highest BCUT2D eigenvalue weighted by atomic mass is 32.2. The Kier molecular flexibility index (Phi) is 4.07. The predicted molar refractivity (Wildman–Crippen MR) is 65.0 cm³/mol. The molecule has 4 nitrogen and oxygen atoms in total. The monoisotopic (exact) mass is 262 g/mol. The SMILES string of the molecule is COc1ccc(SC(C)(C)P(=O)(O)O)cc1. The van der Waals surface area contributed by atoms with Crippen LogP contribution < -0.4 is 4.74 Å². The topological polar surface area (TPSA) is 66.8 Å². The number of rotatable bonds is 4. The van der Waals surface area contributed by atoms with E-state index in [4.69, 9.17) is 4.74 Å². The maximum absolute atomic E-state index is 11.2. The van der Waals surface area contributed by atoms with E-state index in [-0.39, 0.29) is 0 Å². The minimum Gasteiger partial charge on any atom is -0.497 e. The van der Waals surface area contributed by atoms with Gasteiger partial charge in [-0.1, -0.05) is 0 Å². The lowest BCUT2D eigenvalue weighted by Crippen LogP contribution is -2.14. The van der Waals surface area contributed by atoms with Gasteiger partial charge >= 0.3 is 7.60 Å². The summed E-state index contributed by atoms with van der Waals surface area (Å²) in [6.07, 6.45) is 0. The van der Waals surface area contributed by atoms with Crippen molar-refractivity contribution in [3.8, 4) is 5.75 Å². The molecule has 0 amide bonds. The van der Waals surface area contributed by atoms with Gasteiger partial charge in [0.05, 0.1) is 7.11 Å². The number of hydrogen-bond acceptors (Lipinski definition) is 3. The zero-order valence-electron chi connectivity index (χ0n) is 9.38. The molecule has 1 rings (SSSR count). The van der Waals surface area contributed by atoms with Crippen LogP contribution in [-0.4, -0.2) is 21.4 Å². The molecule has 90 valence electrons. The smallest absolute Gasteiger partial charge is 0.341 e. The zero-order valence-corrected chi connectivity index (χ0v) is 11.1. The van der Waals surface area contributed by atoms with E-state index in [0.29, 0.717) is 0 Å². The van der Waals surface area contributed by atoms with Crippen LogP contribution in [0.4, 0.5) is 0 Å². The maximum Gasteiger partial charge on any atom is 0.341 e. The highest BCUT2D eigenvalue weighted by Crippen LogP contribution is 2.58. The van der Waals surface area contributed by atoms with Gasteiger partial charge in [-0.15, -0.1) is 11.8 Å². The molecule has 0 fully saturated rings. The first-order valence-corrected chi connectivity index (χ1v) is 7.08. The normalized spacial score (nSPS) is 12.6. The minimum absolute atomic E-state index is 0.721. The van der Waals surface area contributed by atoms with Gasteiger partial charge in [0.15, 0.2) is 0 Å². The first-order chi connectivity index (χ1) is 7.26. The molecular formula is C10H15O4PS. The van der Waals surface area contributed by atoms with Gasteiger partial charge in [-0.25, -0.2) is 0 Å². The van der Waals surface area contributed by atoms with E-state index >= 15 is 0 Å². The summed E-state index contributed by atoms with van der Waals surface area (Å²) in [5, 5.41) is 0. The van der Waals surface area contributed by atoms with Gasteiger partial charge < -0.3 is 14.5 Å². The lowest BCUT2D eigenvalue weighted by molar-refractivity contribution is 0.358. The van der Waals surface area contributed by atoms with Gasteiger partial charge in [-0.05, 0) is 38.1 Å². The third kappa shape index (κ3) is 3.25. The van der Waals surface area contributed by atoms with Crippen LogP contribution in [0.2, 0.25) is 0 Å². The summed E-state index contributed by atoms with van der Waals surface area (Å²) < 4.78 is 15.1. The van der Waals surface area contributed by atoms with Crippen molar-refractivity contribution in [3.05, 3.63) is 24.3 Å². The number of hydrogen-bond donors (Lipinski definition) is 2. The van der Waals surface area contributed by atoms with Crippen molar-refractivity contribution in [2.45, 2.75) is 23.2 Å². The molecule has 0 spiro atoms. The summed E-state index contributed by atoms with van der Waals surface area (Å²) in [7, 11) is -2.55. The van der Waals surface area contributed by atoms with Crippen LogP contribution in [0.25, 0.3) is 0 Å². The largest absolute Gasteiger partial charge is 0.497 e. The molecule has 0 radical (unpaired) electrons. The van der Waals surface area contributed by atoms with Crippen molar-refractivity contribution in [1.82, 2.24) is 0 Å². The summed E-state index contributed by atoms with van der Waals surface area (Å²) in [4.78, 5) is 19.1. The Morgan fingerprint density at radius 2 is 1.75 bits per heavy atom. The van der Waals surface area contributed by atoms with Gasteiger partial charge in [0.25, 0.3) is 0 Å². The maximum atomic E-state index is 11.2. The van der Waals surface area contributed by atoms with Gasteiger partial charge in [0.1, 0.15) is 10.2 Å². The second-order valence-electron chi connectivity index (χ2n) is 3.77. The highest BCUT2D eigenvalue weighted by molar-refractivity contribution is 8.06. The fourth-order valence-electron chi connectivity index (χ4n) is 0.992. The van der Waals surface area contributed by atoms with Crippen LogP contribution in [0.3, 0.4) is 0 Å². The molecular weight excluding hydrogens is 247 g/mol. The molecule has 0 aliphatic carbocycles. The number of thioether (sulfide) groups is 1. The fourth-order valence-corrected chi connectivity index (χ4v) is 2.63. The molecule has 16 heavy (non-hydrogen) atoms. The number of methoxy groups -OCH3 is 1. The third-order valence-corrected chi connectivity index (χ3v) is 5.53. The first kappa shape index (κ1) is 13.6.